The minimum Gasteiger partial charge on any atom is -0.492 e. The second-order valence-corrected chi connectivity index (χ2v) is 7.75. The normalized spacial score (nSPS) is 11.1. The van der Waals surface area contributed by atoms with Gasteiger partial charge in [-0.25, -0.2) is 14.1 Å². The quantitative estimate of drug-likeness (QED) is 0.399. The zero-order valence-corrected chi connectivity index (χ0v) is 17.7. The molecule has 148 valence electrons. The molecule has 0 aliphatic rings. The highest BCUT2D eigenvalue weighted by Gasteiger charge is 2.17. The zero-order chi connectivity index (χ0) is 20.5. The summed E-state index contributed by atoms with van der Waals surface area (Å²) in [4.78, 5) is 4.72. The summed E-state index contributed by atoms with van der Waals surface area (Å²) in [6.45, 7) is 6.24. The van der Waals surface area contributed by atoms with Gasteiger partial charge in [0, 0.05) is 10.9 Å². The molecule has 2 aromatic heterocycles. The molecule has 0 aliphatic heterocycles. The molecule has 5 nitrogen and oxygen atoms in total. The standard InChI is InChI=1S/C21H18ClFN4OS/c1-4-28-19-8-5-14(10-16(19)22)17-11-29-21(24-17)20-13(3)27(26-25-20)18-7-6-15(23)9-12(18)2/h5-11H,4H2,1-3H3. The Kier molecular flexibility index (Phi) is 5.34. The Bertz CT molecular complexity index is 1190. The SMILES string of the molecule is CCOc1ccc(-c2csc(-c3nnn(-c4ccc(F)cc4C)c3C)n2)cc1Cl. The van der Waals surface area contributed by atoms with Crippen LogP contribution in [-0.4, -0.2) is 26.6 Å². The first-order valence-corrected chi connectivity index (χ1v) is 10.3. The maximum absolute atomic E-state index is 13.4. The molecule has 0 radical (unpaired) electrons. The molecule has 4 rings (SSSR count). The molecule has 8 heteroatoms. The average Bonchev–Trinajstić information content (AvgIpc) is 3.31. The number of hydrogen-bond acceptors (Lipinski definition) is 5. The van der Waals surface area contributed by atoms with E-state index in [9.17, 15) is 4.39 Å². The summed E-state index contributed by atoms with van der Waals surface area (Å²) in [5, 5.41) is 11.8. The summed E-state index contributed by atoms with van der Waals surface area (Å²) >= 11 is 7.79. The molecule has 0 amide bonds. The van der Waals surface area contributed by atoms with E-state index in [0.717, 1.165) is 33.2 Å². The molecular formula is C21H18ClFN4OS. The average molecular weight is 429 g/mol. The van der Waals surface area contributed by atoms with Gasteiger partial charge >= 0.3 is 0 Å². The molecule has 0 atom stereocenters. The molecular weight excluding hydrogens is 411 g/mol. The van der Waals surface area contributed by atoms with Gasteiger partial charge in [-0.05, 0) is 62.7 Å². The monoisotopic (exact) mass is 428 g/mol. The maximum atomic E-state index is 13.4. The number of nitrogens with zero attached hydrogens (tertiary/aromatic N) is 4. The Hall–Kier alpha value is -2.77. The Balaban J connectivity index is 1.67. The van der Waals surface area contributed by atoms with Gasteiger partial charge in [0.1, 0.15) is 22.3 Å². The van der Waals surface area contributed by atoms with Gasteiger partial charge in [0.2, 0.25) is 0 Å². The van der Waals surface area contributed by atoms with Crippen LogP contribution in [0.25, 0.3) is 27.6 Å². The maximum Gasteiger partial charge on any atom is 0.146 e. The predicted octanol–water partition coefficient (Wildman–Crippen LogP) is 5.87. The van der Waals surface area contributed by atoms with E-state index < -0.39 is 0 Å². The highest BCUT2D eigenvalue weighted by molar-refractivity contribution is 7.13. The first-order valence-electron chi connectivity index (χ1n) is 9.05. The summed E-state index contributed by atoms with van der Waals surface area (Å²) in [6, 6.07) is 10.2. The van der Waals surface area contributed by atoms with Crippen LogP contribution >= 0.6 is 22.9 Å². The minimum atomic E-state index is -0.275. The molecule has 0 bridgehead atoms. The third-order valence-electron chi connectivity index (χ3n) is 4.52. The first-order chi connectivity index (χ1) is 14.0. The Labute approximate surface area is 176 Å². The lowest BCUT2D eigenvalue weighted by Gasteiger charge is -2.07. The van der Waals surface area contributed by atoms with Gasteiger partial charge in [0.15, 0.2) is 0 Å². The van der Waals surface area contributed by atoms with Crippen LogP contribution in [0.15, 0.2) is 41.8 Å². The van der Waals surface area contributed by atoms with Crippen molar-refractivity contribution in [1.29, 1.82) is 0 Å². The molecule has 2 heterocycles. The number of ether oxygens (including phenoxy) is 1. The predicted molar refractivity (Wildman–Crippen MR) is 114 cm³/mol. The van der Waals surface area contributed by atoms with Gasteiger partial charge in [-0.2, -0.15) is 0 Å². The highest BCUT2D eigenvalue weighted by Crippen LogP contribution is 2.34. The van der Waals surface area contributed by atoms with Crippen molar-refractivity contribution in [3.05, 3.63) is 63.9 Å². The van der Waals surface area contributed by atoms with Crippen LogP contribution in [0.5, 0.6) is 5.75 Å². The second-order valence-electron chi connectivity index (χ2n) is 6.48. The van der Waals surface area contributed by atoms with E-state index in [1.165, 1.54) is 23.5 Å². The highest BCUT2D eigenvalue weighted by atomic mass is 35.5. The molecule has 29 heavy (non-hydrogen) atoms. The number of hydrogen-bond donors (Lipinski definition) is 0. The number of benzene rings is 2. The van der Waals surface area contributed by atoms with Crippen LogP contribution in [-0.2, 0) is 0 Å². The molecule has 0 unspecified atom stereocenters. The van der Waals surface area contributed by atoms with Crippen molar-refractivity contribution in [2.24, 2.45) is 0 Å². The number of rotatable bonds is 5. The Morgan fingerprint density at radius 3 is 2.72 bits per heavy atom. The fourth-order valence-corrected chi connectivity index (χ4v) is 4.16. The minimum absolute atomic E-state index is 0.275. The van der Waals surface area contributed by atoms with E-state index in [1.807, 2.05) is 44.4 Å². The third kappa shape index (κ3) is 3.75. The van der Waals surface area contributed by atoms with Crippen LogP contribution < -0.4 is 4.74 Å². The van der Waals surface area contributed by atoms with Crippen molar-refractivity contribution in [1.82, 2.24) is 20.0 Å². The van der Waals surface area contributed by atoms with Gasteiger partial charge in [-0.3, -0.25) is 0 Å². The first kappa shape index (κ1) is 19.5. The van der Waals surface area contributed by atoms with E-state index in [-0.39, 0.29) is 5.82 Å². The second kappa shape index (κ2) is 7.93. The van der Waals surface area contributed by atoms with Crippen molar-refractivity contribution in [3.8, 4) is 33.4 Å². The zero-order valence-electron chi connectivity index (χ0n) is 16.1. The molecule has 0 spiro atoms. The van der Waals surface area contributed by atoms with Gasteiger partial charge in [-0.15, -0.1) is 16.4 Å². The van der Waals surface area contributed by atoms with Crippen LogP contribution in [0.1, 0.15) is 18.2 Å². The molecule has 0 saturated heterocycles. The van der Waals surface area contributed by atoms with Crippen molar-refractivity contribution in [2.75, 3.05) is 6.61 Å². The van der Waals surface area contributed by atoms with Gasteiger partial charge < -0.3 is 4.74 Å². The largest absolute Gasteiger partial charge is 0.492 e. The Morgan fingerprint density at radius 1 is 1.17 bits per heavy atom. The van der Waals surface area contributed by atoms with E-state index in [0.29, 0.717) is 23.1 Å². The van der Waals surface area contributed by atoms with Crippen molar-refractivity contribution in [3.63, 3.8) is 0 Å². The molecule has 0 aliphatic carbocycles. The number of aryl methyl sites for hydroxylation is 1. The van der Waals surface area contributed by atoms with Crippen LogP contribution in [0.4, 0.5) is 4.39 Å². The van der Waals surface area contributed by atoms with E-state index >= 15 is 0 Å². The molecule has 0 fully saturated rings. The summed E-state index contributed by atoms with van der Waals surface area (Å²) < 4.78 is 20.6. The summed E-state index contributed by atoms with van der Waals surface area (Å²) in [5.41, 5.74) is 4.82. The fourth-order valence-electron chi connectivity index (χ4n) is 3.06. The smallest absolute Gasteiger partial charge is 0.146 e. The van der Waals surface area contributed by atoms with E-state index in [4.69, 9.17) is 21.3 Å². The lowest BCUT2D eigenvalue weighted by molar-refractivity contribution is 0.340. The fraction of sp³-hybridized carbons (Fsp3) is 0.190. The summed E-state index contributed by atoms with van der Waals surface area (Å²) in [7, 11) is 0. The van der Waals surface area contributed by atoms with E-state index in [2.05, 4.69) is 10.3 Å². The summed E-state index contributed by atoms with van der Waals surface area (Å²) in [6.07, 6.45) is 0. The summed E-state index contributed by atoms with van der Waals surface area (Å²) in [5.74, 6) is 0.379. The molecule has 2 aromatic carbocycles. The molecule has 0 saturated carbocycles. The molecule has 4 aromatic rings. The van der Waals surface area contributed by atoms with Crippen molar-refractivity contribution >= 4 is 22.9 Å². The lowest BCUT2D eigenvalue weighted by Crippen LogP contribution is -2.02. The topological polar surface area (TPSA) is 52.8 Å². The lowest BCUT2D eigenvalue weighted by atomic mass is 10.1. The van der Waals surface area contributed by atoms with E-state index in [1.54, 1.807) is 10.7 Å². The van der Waals surface area contributed by atoms with Crippen molar-refractivity contribution in [2.45, 2.75) is 20.8 Å². The van der Waals surface area contributed by atoms with Crippen molar-refractivity contribution < 1.29 is 9.13 Å². The van der Waals surface area contributed by atoms with Gasteiger partial charge in [-0.1, -0.05) is 16.8 Å². The van der Waals surface area contributed by atoms with Gasteiger partial charge in [0.05, 0.1) is 28.7 Å². The number of thiazole rings is 1. The van der Waals surface area contributed by atoms with Crippen LogP contribution in [0.2, 0.25) is 5.02 Å². The van der Waals surface area contributed by atoms with Gasteiger partial charge in [0.25, 0.3) is 0 Å². The number of aromatic nitrogens is 4. The Morgan fingerprint density at radius 2 is 2.00 bits per heavy atom. The number of halogens is 2. The van der Waals surface area contributed by atoms with Crippen LogP contribution in [0.3, 0.4) is 0 Å². The van der Waals surface area contributed by atoms with Crippen LogP contribution in [0, 0.1) is 19.7 Å². The third-order valence-corrected chi connectivity index (χ3v) is 5.66. The molecule has 0 N–H and O–H groups in total.